The van der Waals surface area contributed by atoms with Crippen LogP contribution in [0.25, 0.3) is 10.9 Å². The summed E-state index contributed by atoms with van der Waals surface area (Å²) in [6.07, 6.45) is 6.35. The second-order valence-corrected chi connectivity index (χ2v) is 12.0. The van der Waals surface area contributed by atoms with E-state index in [1.165, 1.54) is 5.56 Å². The van der Waals surface area contributed by atoms with Crippen LogP contribution in [0.15, 0.2) is 30.6 Å². The Balaban J connectivity index is 1.02. The van der Waals surface area contributed by atoms with E-state index in [1.54, 1.807) is 0 Å². The molecule has 198 valence electrons. The predicted molar refractivity (Wildman–Crippen MR) is 135 cm³/mol. The highest BCUT2D eigenvalue weighted by Crippen LogP contribution is 2.60. The van der Waals surface area contributed by atoms with Crippen molar-refractivity contribution < 1.29 is 23.7 Å². The first-order valence-corrected chi connectivity index (χ1v) is 13.5. The molecule has 2 atom stereocenters. The van der Waals surface area contributed by atoms with Crippen molar-refractivity contribution >= 4 is 16.8 Å². The van der Waals surface area contributed by atoms with E-state index in [1.807, 2.05) is 41.0 Å². The number of amides is 1. The van der Waals surface area contributed by atoms with E-state index in [0.717, 1.165) is 66.8 Å². The van der Waals surface area contributed by atoms with E-state index in [4.69, 9.17) is 18.9 Å². The lowest BCUT2D eigenvalue weighted by Gasteiger charge is -2.55. The van der Waals surface area contributed by atoms with E-state index in [-0.39, 0.29) is 23.2 Å². The average Bonchev–Trinajstić information content (AvgIpc) is 3.53. The summed E-state index contributed by atoms with van der Waals surface area (Å²) in [5.74, 6) is 0.796. The summed E-state index contributed by atoms with van der Waals surface area (Å²) in [6.45, 7) is 7.47. The number of carbonyl (C=O) groups excluding carboxylic acids is 1. The van der Waals surface area contributed by atoms with Gasteiger partial charge in [0.15, 0.2) is 6.10 Å². The molecule has 1 saturated carbocycles. The summed E-state index contributed by atoms with van der Waals surface area (Å²) >= 11 is 0. The summed E-state index contributed by atoms with van der Waals surface area (Å²) in [6, 6.07) is 6.01. The van der Waals surface area contributed by atoms with Crippen molar-refractivity contribution in [3.05, 3.63) is 47.4 Å². The molecule has 38 heavy (non-hydrogen) atoms. The first-order valence-electron chi connectivity index (χ1n) is 13.5. The molecule has 5 aliphatic heterocycles. The number of aromatic nitrogens is 4. The number of ether oxygens (including phenoxy) is 4. The highest BCUT2D eigenvalue weighted by atomic mass is 16.5. The third-order valence-corrected chi connectivity index (χ3v) is 9.20. The van der Waals surface area contributed by atoms with Crippen LogP contribution in [-0.4, -0.2) is 74.4 Å². The maximum atomic E-state index is 13.5. The van der Waals surface area contributed by atoms with Crippen LogP contribution in [0.5, 0.6) is 5.75 Å². The Morgan fingerprint density at radius 2 is 2.08 bits per heavy atom. The summed E-state index contributed by atoms with van der Waals surface area (Å²) < 4.78 is 25.8. The first kappa shape index (κ1) is 22.9. The van der Waals surface area contributed by atoms with Crippen LogP contribution in [-0.2, 0) is 37.6 Å². The van der Waals surface area contributed by atoms with Crippen LogP contribution in [0, 0.1) is 0 Å². The number of fused-ring (bicyclic) bond motifs is 4. The number of carbonyl (C=O) groups is 1. The minimum absolute atomic E-state index is 0.0344. The van der Waals surface area contributed by atoms with Crippen molar-refractivity contribution in [2.75, 3.05) is 26.3 Å². The Hall–Kier alpha value is -3.08. The molecule has 9 rings (SSSR count). The molecule has 0 radical (unpaired) electrons. The maximum Gasteiger partial charge on any atom is 0.254 e. The summed E-state index contributed by atoms with van der Waals surface area (Å²) in [5.41, 5.74) is 3.19. The van der Waals surface area contributed by atoms with Gasteiger partial charge in [0, 0.05) is 30.8 Å². The number of hydrogen-bond acceptors (Lipinski definition) is 8. The molecule has 5 fully saturated rings. The lowest BCUT2D eigenvalue weighted by Crippen LogP contribution is -2.71. The number of pyridine rings is 1. The SMILES string of the molecule is CC(Oc1ccc2ncc3c(c2c1)CCOC3)c1cn(C23CC(C)(C2)OC3C(=O)N2CC3(CCO3)C2)nn1. The van der Waals surface area contributed by atoms with Gasteiger partial charge in [0.1, 0.15) is 28.7 Å². The predicted octanol–water partition coefficient (Wildman–Crippen LogP) is 2.69. The second kappa shape index (κ2) is 7.74. The molecule has 4 saturated heterocycles. The molecular weight excluding hydrogens is 486 g/mol. The molecule has 7 heterocycles. The molecule has 1 spiro atoms. The fourth-order valence-corrected chi connectivity index (χ4v) is 7.14. The van der Waals surface area contributed by atoms with Gasteiger partial charge >= 0.3 is 0 Å². The first-order chi connectivity index (χ1) is 18.4. The fourth-order valence-electron chi connectivity index (χ4n) is 7.14. The maximum absolute atomic E-state index is 13.5. The largest absolute Gasteiger partial charge is 0.484 e. The van der Waals surface area contributed by atoms with Crippen LogP contribution >= 0.6 is 0 Å². The zero-order valence-corrected chi connectivity index (χ0v) is 21.7. The molecule has 2 aromatic heterocycles. The molecule has 1 aliphatic carbocycles. The van der Waals surface area contributed by atoms with Crippen LogP contribution in [0.1, 0.15) is 56.0 Å². The number of likely N-dealkylation sites (tertiary alicyclic amines) is 1. The van der Waals surface area contributed by atoms with Gasteiger partial charge in [0.25, 0.3) is 5.91 Å². The Bertz CT molecular complexity index is 1450. The molecule has 10 heteroatoms. The van der Waals surface area contributed by atoms with Gasteiger partial charge in [-0.15, -0.1) is 5.10 Å². The highest BCUT2D eigenvalue weighted by Gasteiger charge is 2.71. The minimum atomic E-state index is -0.557. The smallest absolute Gasteiger partial charge is 0.254 e. The van der Waals surface area contributed by atoms with Crippen molar-refractivity contribution in [1.29, 1.82) is 0 Å². The van der Waals surface area contributed by atoms with E-state index >= 15 is 0 Å². The summed E-state index contributed by atoms with van der Waals surface area (Å²) in [5, 5.41) is 10.1. The van der Waals surface area contributed by atoms with Crippen molar-refractivity contribution in [3.63, 3.8) is 0 Å². The Labute approximate surface area is 220 Å². The quantitative estimate of drug-likeness (QED) is 0.509. The van der Waals surface area contributed by atoms with Crippen LogP contribution in [0.2, 0.25) is 0 Å². The lowest BCUT2D eigenvalue weighted by molar-refractivity contribution is -0.225. The highest BCUT2D eigenvalue weighted by molar-refractivity contribution is 5.85. The molecule has 2 bridgehead atoms. The van der Waals surface area contributed by atoms with E-state index < -0.39 is 11.6 Å². The molecule has 6 aliphatic rings. The Kier molecular flexibility index (Phi) is 4.66. The number of benzene rings is 1. The molecule has 1 aromatic carbocycles. The van der Waals surface area contributed by atoms with Gasteiger partial charge in [0.2, 0.25) is 0 Å². The third kappa shape index (κ3) is 3.23. The standard InChI is InChI=1S/C28H31N5O5/c1-17(37-19-3-4-22-21(9-19)20-5-7-35-12-18(20)10-29-22)23-11-33(31-30-23)28-13-26(2,14-28)38-24(28)25(34)32-15-27(16-32)6-8-36-27/h3-4,9-11,17,24H,5-8,12-16H2,1-2H3. The molecular formula is C28H31N5O5. The molecule has 1 amide bonds. The number of nitrogens with zero attached hydrogens (tertiary/aromatic N) is 5. The van der Waals surface area contributed by atoms with E-state index in [0.29, 0.717) is 19.7 Å². The van der Waals surface area contributed by atoms with Crippen molar-refractivity contribution in [2.45, 2.75) is 75.1 Å². The van der Waals surface area contributed by atoms with Gasteiger partial charge in [-0.05, 0) is 49.6 Å². The van der Waals surface area contributed by atoms with Gasteiger partial charge in [0.05, 0.1) is 50.2 Å². The zero-order chi connectivity index (χ0) is 25.7. The number of rotatable bonds is 5. The summed E-state index contributed by atoms with van der Waals surface area (Å²) in [4.78, 5) is 19.9. The minimum Gasteiger partial charge on any atom is -0.484 e. The molecule has 3 aromatic rings. The van der Waals surface area contributed by atoms with Crippen molar-refractivity contribution in [3.8, 4) is 5.75 Å². The molecule has 10 nitrogen and oxygen atoms in total. The fraction of sp³-hybridized carbons (Fsp3) is 0.571. The van der Waals surface area contributed by atoms with Gasteiger partial charge < -0.3 is 23.8 Å². The van der Waals surface area contributed by atoms with Gasteiger partial charge in [-0.1, -0.05) is 5.21 Å². The lowest BCUT2D eigenvalue weighted by atomic mass is 9.66. The topological polar surface area (TPSA) is 101 Å². The van der Waals surface area contributed by atoms with E-state index in [9.17, 15) is 4.79 Å². The third-order valence-electron chi connectivity index (χ3n) is 9.20. The van der Waals surface area contributed by atoms with Crippen molar-refractivity contribution in [1.82, 2.24) is 24.9 Å². The van der Waals surface area contributed by atoms with Crippen molar-refractivity contribution in [2.24, 2.45) is 0 Å². The van der Waals surface area contributed by atoms with E-state index in [2.05, 4.69) is 28.3 Å². The normalized spacial score (nSPS) is 31.3. The average molecular weight is 518 g/mol. The van der Waals surface area contributed by atoms with Crippen LogP contribution in [0.4, 0.5) is 0 Å². The summed E-state index contributed by atoms with van der Waals surface area (Å²) in [7, 11) is 0. The zero-order valence-electron chi connectivity index (χ0n) is 21.7. The Morgan fingerprint density at radius 1 is 1.24 bits per heavy atom. The molecule has 0 N–H and O–H groups in total. The van der Waals surface area contributed by atoms with Crippen LogP contribution < -0.4 is 4.74 Å². The monoisotopic (exact) mass is 517 g/mol. The number of hydrogen-bond donors (Lipinski definition) is 0. The van der Waals surface area contributed by atoms with Gasteiger partial charge in [-0.3, -0.25) is 9.78 Å². The Morgan fingerprint density at radius 3 is 2.87 bits per heavy atom. The second-order valence-electron chi connectivity index (χ2n) is 12.0. The van der Waals surface area contributed by atoms with Crippen LogP contribution in [0.3, 0.4) is 0 Å². The molecule has 2 unspecified atom stereocenters. The van der Waals surface area contributed by atoms with Gasteiger partial charge in [-0.25, -0.2) is 4.68 Å². The van der Waals surface area contributed by atoms with Gasteiger partial charge in [-0.2, -0.15) is 0 Å².